The van der Waals surface area contributed by atoms with E-state index in [2.05, 4.69) is 29.1 Å². The summed E-state index contributed by atoms with van der Waals surface area (Å²) in [6, 6.07) is 0. The number of hydrogen-bond acceptors (Lipinski definition) is 2. The fourth-order valence-corrected chi connectivity index (χ4v) is 3.65. The molecule has 0 atom stereocenters. The predicted molar refractivity (Wildman–Crippen MR) is 68.8 cm³/mol. The minimum Gasteiger partial charge on any atom is -0.348 e. The first kappa shape index (κ1) is 11.3. The van der Waals surface area contributed by atoms with Crippen molar-refractivity contribution in [3.8, 4) is 0 Å². The van der Waals surface area contributed by atoms with E-state index in [1.807, 2.05) is 6.33 Å². The van der Waals surface area contributed by atoms with Gasteiger partial charge in [0, 0.05) is 18.7 Å². The molecule has 3 heteroatoms. The van der Waals surface area contributed by atoms with Crippen LogP contribution in [0.1, 0.15) is 50.9 Å². The molecule has 2 N–H and O–H groups in total. The largest absolute Gasteiger partial charge is 0.348 e. The van der Waals surface area contributed by atoms with Crippen LogP contribution in [-0.4, -0.2) is 16.5 Å². The summed E-state index contributed by atoms with van der Waals surface area (Å²) in [7, 11) is 0. The minimum atomic E-state index is 0.193. The zero-order valence-electron chi connectivity index (χ0n) is 10.9. The first-order valence-corrected chi connectivity index (χ1v) is 6.99. The Morgan fingerprint density at radius 1 is 1.35 bits per heavy atom. The van der Waals surface area contributed by atoms with Crippen molar-refractivity contribution >= 4 is 0 Å². The van der Waals surface area contributed by atoms with Crippen molar-refractivity contribution in [1.82, 2.24) is 15.3 Å². The smallest absolute Gasteiger partial charge is 0.0926 e. The lowest BCUT2D eigenvalue weighted by Crippen LogP contribution is -2.50. The Balaban J connectivity index is 1.82. The van der Waals surface area contributed by atoms with Crippen molar-refractivity contribution in [2.45, 2.75) is 51.5 Å². The normalized spacial score (nSPS) is 33.0. The van der Waals surface area contributed by atoms with Gasteiger partial charge in [-0.3, -0.25) is 0 Å². The average Bonchev–Trinajstić information content (AvgIpc) is 2.80. The molecule has 1 saturated carbocycles. The number of aromatic amines is 1. The Morgan fingerprint density at radius 3 is 2.82 bits per heavy atom. The lowest BCUT2D eigenvalue weighted by Gasteiger charge is -2.43. The monoisotopic (exact) mass is 233 g/mol. The molecule has 1 fully saturated rings. The van der Waals surface area contributed by atoms with Gasteiger partial charge in [0.05, 0.1) is 17.6 Å². The van der Waals surface area contributed by atoms with Crippen molar-refractivity contribution in [2.24, 2.45) is 11.8 Å². The molecule has 0 aromatic carbocycles. The summed E-state index contributed by atoms with van der Waals surface area (Å²) in [4.78, 5) is 7.90. The molecule has 0 saturated heterocycles. The van der Waals surface area contributed by atoms with E-state index in [0.29, 0.717) is 0 Å². The third-order valence-electron chi connectivity index (χ3n) is 4.84. The molecule has 17 heavy (non-hydrogen) atoms. The Hall–Kier alpha value is -0.830. The van der Waals surface area contributed by atoms with Crippen LogP contribution in [0.25, 0.3) is 0 Å². The van der Waals surface area contributed by atoms with Crippen LogP contribution in [0.15, 0.2) is 6.33 Å². The molecule has 1 aliphatic carbocycles. The van der Waals surface area contributed by atoms with E-state index in [9.17, 15) is 0 Å². The number of aromatic nitrogens is 2. The van der Waals surface area contributed by atoms with E-state index in [1.54, 1.807) is 0 Å². The maximum absolute atomic E-state index is 4.59. The quantitative estimate of drug-likeness (QED) is 0.783. The summed E-state index contributed by atoms with van der Waals surface area (Å²) in [6.45, 7) is 5.81. The highest BCUT2D eigenvalue weighted by molar-refractivity contribution is 5.26. The average molecular weight is 233 g/mol. The predicted octanol–water partition coefficient (Wildman–Crippen LogP) is 2.60. The summed E-state index contributed by atoms with van der Waals surface area (Å²) in [6.07, 6.45) is 8.17. The molecule has 2 heterocycles. The van der Waals surface area contributed by atoms with Crippen molar-refractivity contribution < 1.29 is 0 Å². The molecule has 1 aromatic heterocycles. The van der Waals surface area contributed by atoms with Gasteiger partial charge in [-0.15, -0.1) is 0 Å². The Morgan fingerprint density at radius 2 is 2.12 bits per heavy atom. The topological polar surface area (TPSA) is 40.7 Å². The van der Waals surface area contributed by atoms with E-state index >= 15 is 0 Å². The molecule has 1 aromatic rings. The third-order valence-corrected chi connectivity index (χ3v) is 4.84. The number of H-pyrrole nitrogens is 1. The van der Waals surface area contributed by atoms with Crippen LogP contribution >= 0.6 is 0 Å². The molecule has 0 unspecified atom stereocenters. The highest BCUT2D eigenvalue weighted by Gasteiger charge is 2.41. The molecule has 0 radical (unpaired) electrons. The molecule has 1 aliphatic heterocycles. The van der Waals surface area contributed by atoms with E-state index in [1.165, 1.54) is 37.1 Å². The molecular weight excluding hydrogens is 210 g/mol. The second kappa shape index (κ2) is 4.13. The third kappa shape index (κ3) is 1.81. The zero-order chi connectivity index (χ0) is 11.9. The number of nitrogens with one attached hydrogen (secondary N) is 2. The fourth-order valence-electron chi connectivity index (χ4n) is 3.65. The Labute approximate surface area is 103 Å². The van der Waals surface area contributed by atoms with Gasteiger partial charge in [0.2, 0.25) is 0 Å². The maximum Gasteiger partial charge on any atom is 0.0926 e. The van der Waals surface area contributed by atoms with Gasteiger partial charge in [0.1, 0.15) is 0 Å². The van der Waals surface area contributed by atoms with Gasteiger partial charge in [-0.2, -0.15) is 0 Å². The van der Waals surface area contributed by atoms with Gasteiger partial charge in [0.25, 0.3) is 0 Å². The molecule has 2 aliphatic rings. The van der Waals surface area contributed by atoms with Crippen LogP contribution in [0.5, 0.6) is 0 Å². The SMILES string of the molecule is CC(C)C1CCC2(CC1)NCCc1[nH]cnc12. The summed E-state index contributed by atoms with van der Waals surface area (Å²) >= 11 is 0. The van der Waals surface area contributed by atoms with Crippen molar-refractivity contribution in [1.29, 1.82) is 0 Å². The number of fused-ring (bicyclic) bond motifs is 2. The minimum absolute atomic E-state index is 0.193. The first-order valence-electron chi connectivity index (χ1n) is 6.99. The van der Waals surface area contributed by atoms with Gasteiger partial charge in [-0.1, -0.05) is 13.8 Å². The van der Waals surface area contributed by atoms with E-state index in [-0.39, 0.29) is 5.54 Å². The second-order valence-electron chi connectivity index (χ2n) is 6.07. The fraction of sp³-hybridized carbons (Fsp3) is 0.786. The van der Waals surface area contributed by atoms with Crippen LogP contribution < -0.4 is 5.32 Å². The van der Waals surface area contributed by atoms with Crippen LogP contribution in [0.3, 0.4) is 0 Å². The number of imidazole rings is 1. The molecule has 0 bridgehead atoms. The van der Waals surface area contributed by atoms with Crippen molar-refractivity contribution in [3.05, 3.63) is 17.7 Å². The Kier molecular flexibility index (Phi) is 2.74. The summed E-state index contributed by atoms with van der Waals surface area (Å²) in [5, 5.41) is 3.75. The Bertz CT molecular complexity index is 386. The molecule has 0 amide bonds. The van der Waals surface area contributed by atoms with Crippen LogP contribution in [0, 0.1) is 11.8 Å². The number of hydrogen-bond donors (Lipinski definition) is 2. The van der Waals surface area contributed by atoms with Gasteiger partial charge in [0.15, 0.2) is 0 Å². The van der Waals surface area contributed by atoms with Gasteiger partial charge in [-0.05, 0) is 37.5 Å². The molecule has 3 nitrogen and oxygen atoms in total. The zero-order valence-corrected chi connectivity index (χ0v) is 10.9. The number of nitrogens with zero attached hydrogens (tertiary/aromatic N) is 1. The van der Waals surface area contributed by atoms with Crippen LogP contribution in [-0.2, 0) is 12.0 Å². The van der Waals surface area contributed by atoms with Crippen LogP contribution in [0.4, 0.5) is 0 Å². The molecule has 1 spiro atoms. The highest BCUT2D eigenvalue weighted by atomic mass is 15.1. The summed E-state index contributed by atoms with van der Waals surface area (Å²) in [5.74, 6) is 1.74. The summed E-state index contributed by atoms with van der Waals surface area (Å²) < 4.78 is 0. The van der Waals surface area contributed by atoms with Crippen molar-refractivity contribution in [3.63, 3.8) is 0 Å². The highest BCUT2D eigenvalue weighted by Crippen LogP contribution is 2.43. The van der Waals surface area contributed by atoms with Gasteiger partial charge < -0.3 is 10.3 Å². The van der Waals surface area contributed by atoms with Crippen LogP contribution in [0.2, 0.25) is 0 Å². The standard InChI is InChI=1S/C14H23N3/c1-10(2)11-3-6-14(7-4-11)13-12(5-8-17-14)15-9-16-13/h9-11,17H,3-8H2,1-2H3,(H,15,16). The van der Waals surface area contributed by atoms with E-state index in [4.69, 9.17) is 0 Å². The lowest BCUT2D eigenvalue weighted by molar-refractivity contribution is 0.150. The first-order chi connectivity index (χ1) is 8.21. The molecular formula is C14H23N3. The lowest BCUT2D eigenvalue weighted by atomic mass is 9.70. The second-order valence-corrected chi connectivity index (χ2v) is 6.07. The van der Waals surface area contributed by atoms with Gasteiger partial charge >= 0.3 is 0 Å². The van der Waals surface area contributed by atoms with E-state index in [0.717, 1.165) is 24.8 Å². The van der Waals surface area contributed by atoms with E-state index < -0.39 is 0 Å². The molecule has 94 valence electrons. The summed E-state index contributed by atoms with van der Waals surface area (Å²) in [5.41, 5.74) is 2.87. The van der Waals surface area contributed by atoms with Crippen molar-refractivity contribution in [2.75, 3.05) is 6.54 Å². The molecule has 3 rings (SSSR count). The number of rotatable bonds is 1. The maximum atomic E-state index is 4.59. The van der Waals surface area contributed by atoms with Gasteiger partial charge in [-0.25, -0.2) is 4.98 Å².